The molecule has 0 radical (unpaired) electrons. The lowest BCUT2D eigenvalue weighted by molar-refractivity contribution is 0.595. The van der Waals surface area contributed by atoms with Crippen LogP contribution in [-0.2, 0) is 19.7 Å². The number of aromatic nitrogens is 2. The van der Waals surface area contributed by atoms with E-state index in [1.54, 1.807) is 12.1 Å². The molecule has 1 N–H and O–H groups in total. The molecule has 0 spiro atoms. The maximum atomic E-state index is 13.1. The van der Waals surface area contributed by atoms with Gasteiger partial charge in [-0.05, 0) is 24.3 Å². The van der Waals surface area contributed by atoms with E-state index in [-0.39, 0.29) is 15.6 Å². The molecular weight excluding hydrogens is 386 g/mol. The molecule has 0 fully saturated rings. The second kappa shape index (κ2) is 7.68. The Balaban J connectivity index is 2.15. The third-order valence-electron chi connectivity index (χ3n) is 3.54. The van der Waals surface area contributed by atoms with E-state index in [9.17, 15) is 16.8 Å². The lowest BCUT2D eigenvalue weighted by Crippen LogP contribution is -2.16. The van der Waals surface area contributed by atoms with Gasteiger partial charge in [-0.15, -0.1) is 0 Å². The summed E-state index contributed by atoms with van der Waals surface area (Å²) in [6, 6.07) is 14.7. The molecule has 0 aliphatic rings. The number of hydrogen-bond donors (Lipinski definition) is 1. The standard InChI is InChI=1S/C18H15N3O4S2/c22-26(23,15-7-3-1-4-8-15)18(14-21-17-13-19-11-12-20-17)27(24,25)16-9-5-2-6-10-16/h1-14H,(H,20,21). The fourth-order valence-corrected chi connectivity index (χ4v) is 5.89. The van der Waals surface area contributed by atoms with Crippen LogP contribution in [0.2, 0.25) is 0 Å². The molecule has 1 aromatic heterocycles. The highest BCUT2D eigenvalue weighted by Gasteiger charge is 2.33. The smallest absolute Gasteiger partial charge is 0.219 e. The van der Waals surface area contributed by atoms with Crippen molar-refractivity contribution >= 4 is 25.5 Å². The second-order valence-corrected chi connectivity index (χ2v) is 9.43. The molecule has 0 saturated heterocycles. The van der Waals surface area contributed by atoms with Gasteiger partial charge in [0.1, 0.15) is 5.82 Å². The van der Waals surface area contributed by atoms with Crippen LogP contribution in [0.15, 0.2) is 99.5 Å². The Morgan fingerprint density at radius 3 is 1.74 bits per heavy atom. The van der Waals surface area contributed by atoms with Crippen LogP contribution in [-0.4, -0.2) is 26.8 Å². The van der Waals surface area contributed by atoms with Crippen LogP contribution < -0.4 is 5.32 Å². The Labute approximate surface area is 157 Å². The SMILES string of the molecule is O=S(=O)(C(=CNc1cnccn1)S(=O)(=O)c1ccccc1)c1ccccc1. The summed E-state index contributed by atoms with van der Waals surface area (Å²) in [5.41, 5.74) is 0. The Morgan fingerprint density at radius 2 is 1.30 bits per heavy atom. The number of rotatable bonds is 6. The van der Waals surface area contributed by atoms with Gasteiger partial charge in [-0.3, -0.25) is 4.98 Å². The van der Waals surface area contributed by atoms with Gasteiger partial charge in [-0.25, -0.2) is 21.8 Å². The molecule has 27 heavy (non-hydrogen) atoms. The van der Waals surface area contributed by atoms with E-state index in [2.05, 4.69) is 15.3 Å². The molecule has 0 aliphatic carbocycles. The molecule has 0 bridgehead atoms. The summed E-state index contributed by atoms with van der Waals surface area (Å²) in [5.74, 6) is 0.210. The summed E-state index contributed by atoms with van der Waals surface area (Å²) in [4.78, 5) is 7.55. The van der Waals surface area contributed by atoms with Crippen molar-refractivity contribution in [2.24, 2.45) is 0 Å². The van der Waals surface area contributed by atoms with Gasteiger partial charge in [-0.2, -0.15) is 0 Å². The maximum Gasteiger partial charge on any atom is 0.219 e. The molecule has 0 aliphatic heterocycles. The summed E-state index contributed by atoms with van der Waals surface area (Å²) in [6.45, 7) is 0. The van der Waals surface area contributed by atoms with Crippen LogP contribution in [0.3, 0.4) is 0 Å². The van der Waals surface area contributed by atoms with E-state index >= 15 is 0 Å². The zero-order valence-electron chi connectivity index (χ0n) is 13.9. The number of nitrogens with one attached hydrogen (secondary N) is 1. The average molecular weight is 401 g/mol. The molecule has 1 heterocycles. The fourth-order valence-electron chi connectivity index (χ4n) is 2.24. The maximum absolute atomic E-state index is 13.1. The van der Waals surface area contributed by atoms with Crippen molar-refractivity contribution in [3.63, 3.8) is 0 Å². The zero-order valence-corrected chi connectivity index (χ0v) is 15.6. The van der Waals surface area contributed by atoms with Crippen LogP contribution in [0.5, 0.6) is 0 Å². The molecule has 9 heteroatoms. The summed E-state index contributed by atoms with van der Waals surface area (Å²) in [5, 5.41) is 2.60. The van der Waals surface area contributed by atoms with Crippen molar-refractivity contribution < 1.29 is 16.8 Å². The van der Waals surface area contributed by atoms with Crippen molar-refractivity contribution in [3.05, 3.63) is 89.7 Å². The number of anilines is 1. The molecule has 0 unspecified atom stereocenters. The average Bonchev–Trinajstić information content (AvgIpc) is 2.70. The number of benzene rings is 2. The van der Waals surface area contributed by atoms with Gasteiger partial charge in [0.2, 0.25) is 19.7 Å². The van der Waals surface area contributed by atoms with E-state index in [0.29, 0.717) is 0 Å². The van der Waals surface area contributed by atoms with Crippen LogP contribution in [0, 0.1) is 0 Å². The van der Waals surface area contributed by atoms with Gasteiger partial charge in [0, 0.05) is 18.6 Å². The van der Waals surface area contributed by atoms with E-state index in [1.807, 2.05) is 0 Å². The lowest BCUT2D eigenvalue weighted by Gasteiger charge is -2.11. The summed E-state index contributed by atoms with van der Waals surface area (Å²) in [6.07, 6.45) is 5.11. The van der Waals surface area contributed by atoms with Gasteiger partial charge < -0.3 is 5.32 Å². The Bertz CT molecular complexity index is 1080. The quantitative estimate of drug-likeness (QED) is 0.677. The predicted octanol–water partition coefficient (Wildman–Crippen LogP) is 2.64. The van der Waals surface area contributed by atoms with Crippen molar-refractivity contribution in [2.45, 2.75) is 9.79 Å². The van der Waals surface area contributed by atoms with Crippen LogP contribution in [0.4, 0.5) is 5.82 Å². The van der Waals surface area contributed by atoms with Crippen LogP contribution in [0.1, 0.15) is 0 Å². The molecule has 2 aromatic carbocycles. The van der Waals surface area contributed by atoms with Gasteiger partial charge in [-0.1, -0.05) is 36.4 Å². The molecular formula is C18H15N3O4S2. The van der Waals surface area contributed by atoms with Crippen molar-refractivity contribution in [1.82, 2.24) is 9.97 Å². The van der Waals surface area contributed by atoms with Gasteiger partial charge in [0.05, 0.1) is 16.0 Å². The van der Waals surface area contributed by atoms with Crippen molar-refractivity contribution in [3.8, 4) is 0 Å². The van der Waals surface area contributed by atoms with Gasteiger partial charge in [0.15, 0.2) is 4.24 Å². The summed E-state index contributed by atoms with van der Waals surface area (Å²) >= 11 is 0. The summed E-state index contributed by atoms with van der Waals surface area (Å²) in [7, 11) is -8.63. The third kappa shape index (κ3) is 4.04. The first-order chi connectivity index (χ1) is 12.9. The highest BCUT2D eigenvalue weighted by Crippen LogP contribution is 2.28. The normalized spacial score (nSPS) is 11.6. The van der Waals surface area contributed by atoms with Crippen molar-refractivity contribution in [2.75, 3.05) is 5.32 Å². The Hall–Kier alpha value is -3.04. The minimum atomic E-state index is -4.31. The Kier molecular flexibility index (Phi) is 5.33. The molecule has 0 amide bonds. The van der Waals surface area contributed by atoms with E-state index in [4.69, 9.17) is 0 Å². The van der Waals surface area contributed by atoms with Crippen LogP contribution >= 0.6 is 0 Å². The first-order valence-electron chi connectivity index (χ1n) is 7.75. The highest BCUT2D eigenvalue weighted by atomic mass is 32.3. The van der Waals surface area contributed by atoms with E-state index < -0.39 is 23.9 Å². The first kappa shape index (κ1) is 18.7. The highest BCUT2D eigenvalue weighted by molar-refractivity contribution is 8.14. The molecule has 3 aromatic rings. The van der Waals surface area contributed by atoms with E-state index in [0.717, 1.165) is 6.20 Å². The minimum absolute atomic E-state index is 0.128. The predicted molar refractivity (Wildman–Crippen MR) is 101 cm³/mol. The molecule has 7 nitrogen and oxygen atoms in total. The first-order valence-corrected chi connectivity index (χ1v) is 10.7. The molecule has 0 atom stereocenters. The Morgan fingerprint density at radius 1 is 0.778 bits per heavy atom. The largest absolute Gasteiger partial charge is 0.343 e. The number of nitrogens with zero attached hydrogens (tertiary/aromatic N) is 2. The number of hydrogen-bond acceptors (Lipinski definition) is 7. The topological polar surface area (TPSA) is 106 Å². The van der Waals surface area contributed by atoms with Crippen molar-refractivity contribution in [1.29, 1.82) is 0 Å². The lowest BCUT2D eigenvalue weighted by atomic mass is 10.4. The van der Waals surface area contributed by atoms with E-state index in [1.165, 1.54) is 67.1 Å². The molecule has 138 valence electrons. The second-order valence-electron chi connectivity index (χ2n) is 5.33. The van der Waals surface area contributed by atoms with Gasteiger partial charge >= 0.3 is 0 Å². The third-order valence-corrected chi connectivity index (χ3v) is 7.93. The van der Waals surface area contributed by atoms with Crippen LogP contribution in [0.25, 0.3) is 0 Å². The fraction of sp³-hybridized carbons (Fsp3) is 0. The molecule has 0 saturated carbocycles. The number of sulfone groups is 2. The van der Waals surface area contributed by atoms with Gasteiger partial charge in [0.25, 0.3) is 0 Å². The minimum Gasteiger partial charge on any atom is -0.343 e. The molecule has 3 rings (SSSR count). The summed E-state index contributed by atoms with van der Waals surface area (Å²) < 4.78 is 51.4. The monoisotopic (exact) mass is 401 g/mol. The zero-order chi connectivity index (χ0) is 19.3.